The van der Waals surface area contributed by atoms with Crippen LogP contribution in [0.4, 0.5) is 0 Å². The van der Waals surface area contributed by atoms with Gasteiger partial charge in [0.1, 0.15) is 6.04 Å². The number of carbonyl (C=O) groups is 1. The molecule has 0 saturated heterocycles. The summed E-state index contributed by atoms with van der Waals surface area (Å²) in [6.45, 7) is 4.98. The lowest BCUT2D eigenvalue weighted by molar-refractivity contribution is -0.143. The molecule has 1 saturated carbocycles. The van der Waals surface area contributed by atoms with Crippen LogP contribution in [0.15, 0.2) is 24.3 Å². The lowest BCUT2D eigenvalue weighted by atomic mass is 10.0. The molecule has 1 aliphatic carbocycles. The van der Waals surface area contributed by atoms with Crippen LogP contribution in [-0.2, 0) is 16.1 Å². The van der Waals surface area contributed by atoms with E-state index in [1.54, 1.807) is 0 Å². The van der Waals surface area contributed by atoms with Gasteiger partial charge in [-0.05, 0) is 42.2 Å². The smallest absolute Gasteiger partial charge is 0.322 e. The first-order valence-corrected chi connectivity index (χ1v) is 7.50. The summed E-state index contributed by atoms with van der Waals surface area (Å²) in [6.07, 6.45) is 3.39. The van der Waals surface area contributed by atoms with Gasteiger partial charge in [0.15, 0.2) is 0 Å². The number of hydrogen-bond donors (Lipinski definition) is 1. The van der Waals surface area contributed by atoms with Crippen molar-refractivity contribution in [3.8, 4) is 0 Å². The Bertz CT molecular complexity index is 452. The number of nitrogens with one attached hydrogen (secondary N) is 1. The molecule has 1 fully saturated rings. The van der Waals surface area contributed by atoms with Crippen molar-refractivity contribution in [2.45, 2.75) is 51.6 Å². The molecule has 1 aromatic rings. The molecule has 0 aromatic heterocycles. The zero-order valence-corrected chi connectivity index (χ0v) is 12.7. The van der Waals surface area contributed by atoms with Gasteiger partial charge in [-0.2, -0.15) is 0 Å². The molecule has 1 aromatic carbocycles. The second-order valence-electron chi connectivity index (χ2n) is 6.06. The molecule has 1 atom stereocenters. The third kappa shape index (κ3) is 4.07. The van der Waals surface area contributed by atoms with E-state index in [-0.39, 0.29) is 12.0 Å². The van der Waals surface area contributed by atoms with Crippen molar-refractivity contribution in [2.75, 3.05) is 7.11 Å². The van der Waals surface area contributed by atoms with Crippen LogP contribution in [0.25, 0.3) is 0 Å². The first kappa shape index (κ1) is 15.0. The van der Waals surface area contributed by atoms with Gasteiger partial charge in [0.25, 0.3) is 0 Å². The highest BCUT2D eigenvalue weighted by Gasteiger charge is 2.26. The predicted octanol–water partition coefficient (Wildman–Crippen LogP) is 3.24. The summed E-state index contributed by atoms with van der Waals surface area (Å²) < 4.78 is 4.89. The van der Waals surface area contributed by atoms with E-state index < -0.39 is 0 Å². The highest BCUT2D eigenvalue weighted by Crippen LogP contribution is 2.41. The Morgan fingerprint density at radius 3 is 2.65 bits per heavy atom. The maximum atomic E-state index is 11.8. The van der Waals surface area contributed by atoms with Crippen LogP contribution < -0.4 is 5.32 Å². The molecular weight excluding hydrogens is 250 g/mol. The van der Waals surface area contributed by atoms with Crippen molar-refractivity contribution in [1.29, 1.82) is 0 Å². The average Bonchev–Trinajstić information content (AvgIpc) is 3.27. The average molecular weight is 275 g/mol. The summed E-state index contributed by atoms with van der Waals surface area (Å²) in [5.74, 6) is 1.03. The molecule has 0 aliphatic heterocycles. The molecule has 1 aliphatic rings. The van der Waals surface area contributed by atoms with E-state index in [0.29, 0.717) is 5.92 Å². The molecule has 3 nitrogen and oxygen atoms in total. The van der Waals surface area contributed by atoms with Crippen LogP contribution in [0.3, 0.4) is 0 Å². The van der Waals surface area contributed by atoms with Gasteiger partial charge >= 0.3 is 5.97 Å². The van der Waals surface area contributed by atoms with Crippen LogP contribution in [0.1, 0.15) is 50.2 Å². The summed E-state index contributed by atoms with van der Waals surface area (Å²) in [7, 11) is 1.45. The van der Waals surface area contributed by atoms with E-state index in [1.165, 1.54) is 31.1 Å². The Morgan fingerprint density at radius 2 is 2.05 bits per heavy atom. The van der Waals surface area contributed by atoms with E-state index >= 15 is 0 Å². The molecule has 0 heterocycles. The molecule has 1 unspecified atom stereocenters. The number of carbonyl (C=O) groups excluding carboxylic acids is 1. The number of esters is 1. The minimum atomic E-state index is -0.216. The van der Waals surface area contributed by atoms with Crippen LogP contribution in [0.2, 0.25) is 0 Å². The van der Waals surface area contributed by atoms with Crippen molar-refractivity contribution in [1.82, 2.24) is 5.32 Å². The lowest BCUT2D eigenvalue weighted by Crippen LogP contribution is -2.38. The summed E-state index contributed by atoms with van der Waals surface area (Å²) in [4.78, 5) is 11.8. The van der Waals surface area contributed by atoms with Crippen molar-refractivity contribution < 1.29 is 9.53 Å². The van der Waals surface area contributed by atoms with Crippen LogP contribution >= 0.6 is 0 Å². The largest absolute Gasteiger partial charge is 0.468 e. The standard InChI is InChI=1S/C17H25NO2/c1-12(2)10-16(17(19)20-3)18-11-14-6-4-5-7-15(14)13-8-9-13/h4-7,12-13,16,18H,8-11H2,1-3H3. The normalized spacial score (nSPS) is 16.2. The van der Waals surface area contributed by atoms with Crippen molar-refractivity contribution in [3.05, 3.63) is 35.4 Å². The Kier molecular flexibility index (Phi) is 5.18. The highest BCUT2D eigenvalue weighted by molar-refractivity contribution is 5.75. The van der Waals surface area contributed by atoms with Gasteiger partial charge in [0, 0.05) is 6.54 Å². The predicted molar refractivity (Wildman–Crippen MR) is 80.5 cm³/mol. The monoisotopic (exact) mass is 275 g/mol. The Morgan fingerprint density at radius 1 is 1.35 bits per heavy atom. The Labute approximate surface area is 121 Å². The van der Waals surface area contributed by atoms with Gasteiger partial charge in [-0.15, -0.1) is 0 Å². The number of hydrogen-bond acceptors (Lipinski definition) is 3. The summed E-state index contributed by atoms with van der Waals surface area (Å²) in [5.41, 5.74) is 2.75. The van der Waals surface area contributed by atoms with Gasteiger partial charge < -0.3 is 10.1 Å². The fraction of sp³-hybridized carbons (Fsp3) is 0.588. The molecule has 0 spiro atoms. The molecule has 0 amide bonds. The van der Waals surface area contributed by atoms with Crippen molar-refractivity contribution in [3.63, 3.8) is 0 Å². The molecule has 0 bridgehead atoms. The topological polar surface area (TPSA) is 38.3 Å². The molecule has 2 rings (SSSR count). The molecule has 20 heavy (non-hydrogen) atoms. The number of rotatable bonds is 7. The van der Waals surface area contributed by atoms with E-state index in [9.17, 15) is 4.79 Å². The summed E-state index contributed by atoms with van der Waals surface area (Å²) in [5, 5.41) is 3.37. The van der Waals surface area contributed by atoms with Crippen LogP contribution in [-0.4, -0.2) is 19.1 Å². The van der Waals surface area contributed by atoms with Gasteiger partial charge in [0.05, 0.1) is 7.11 Å². The first-order valence-electron chi connectivity index (χ1n) is 7.50. The van der Waals surface area contributed by atoms with E-state index in [1.807, 2.05) is 0 Å². The van der Waals surface area contributed by atoms with Crippen molar-refractivity contribution in [2.24, 2.45) is 5.92 Å². The van der Waals surface area contributed by atoms with Crippen molar-refractivity contribution >= 4 is 5.97 Å². The second-order valence-corrected chi connectivity index (χ2v) is 6.06. The third-order valence-electron chi connectivity index (χ3n) is 3.80. The number of benzene rings is 1. The van der Waals surface area contributed by atoms with Gasteiger partial charge in [-0.25, -0.2) is 0 Å². The second kappa shape index (κ2) is 6.89. The Balaban J connectivity index is 1.99. The molecule has 1 N–H and O–H groups in total. The zero-order valence-electron chi connectivity index (χ0n) is 12.7. The quantitative estimate of drug-likeness (QED) is 0.776. The molecular formula is C17H25NO2. The van der Waals surface area contributed by atoms with Gasteiger partial charge in [-0.1, -0.05) is 38.1 Å². The maximum Gasteiger partial charge on any atom is 0.322 e. The fourth-order valence-corrected chi connectivity index (χ4v) is 2.60. The maximum absolute atomic E-state index is 11.8. The number of methoxy groups -OCH3 is 1. The molecule has 0 radical (unpaired) electrons. The first-order chi connectivity index (χ1) is 9.61. The van der Waals surface area contributed by atoms with Crippen LogP contribution in [0.5, 0.6) is 0 Å². The van der Waals surface area contributed by atoms with Gasteiger partial charge in [0.2, 0.25) is 0 Å². The van der Waals surface area contributed by atoms with Gasteiger partial charge in [-0.3, -0.25) is 4.79 Å². The van der Waals surface area contributed by atoms with Crippen LogP contribution in [0, 0.1) is 5.92 Å². The van der Waals surface area contributed by atoms with E-state index in [0.717, 1.165) is 18.9 Å². The van der Waals surface area contributed by atoms with E-state index in [2.05, 4.69) is 43.4 Å². The summed E-state index contributed by atoms with van der Waals surface area (Å²) in [6, 6.07) is 8.32. The molecule has 3 heteroatoms. The minimum absolute atomic E-state index is 0.164. The molecule has 110 valence electrons. The SMILES string of the molecule is COC(=O)C(CC(C)C)NCc1ccccc1C1CC1. The summed E-state index contributed by atoms with van der Waals surface area (Å²) >= 11 is 0. The number of ether oxygens (including phenoxy) is 1. The highest BCUT2D eigenvalue weighted by atomic mass is 16.5. The Hall–Kier alpha value is -1.35. The van der Waals surface area contributed by atoms with E-state index in [4.69, 9.17) is 4.74 Å². The fourth-order valence-electron chi connectivity index (χ4n) is 2.60. The lowest BCUT2D eigenvalue weighted by Gasteiger charge is -2.19. The third-order valence-corrected chi connectivity index (χ3v) is 3.80. The zero-order chi connectivity index (χ0) is 14.5. The minimum Gasteiger partial charge on any atom is -0.468 e.